The van der Waals surface area contributed by atoms with Gasteiger partial charge in [-0.15, -0.1) is 12.4 Å². The van der Waals surface area contributed by atoms with E-state index < -0.39 is 13.5 Å². The van der Waals surface area contributed by atoms with Crippen molar-refractivity contribution in [1.29, 1.82) is 0 Å². The highest BCUT2D eigenvalue weighted by molar-refractivity contribution is 14.1. The lowest BCUT2D eigenvalue weighted by Crippen LogP contribution is -2.32. The van der Waals surface area contributed by atoms with Gasteiger partial charge in [0.2, 0.25) is 7.37 Å². The van der Waals surface area contributed by atoms with Crippen molar-refractivity contribution in [1.82, 2.24) is 5.32 Å². The third-order valence-electron chi connectivity index (χ3n) is 4.87. The second-order valence-electron chi connectivity index (χ2n) is 7.17. The van der Waals surface area contributed by atoms with Crippen molar-refractivity contribution in [3.63, 3.8) is 0 Å². The lowest BCUT2D eigenvalue weighted by Gasteiger charge is -2.25. The van der Waals surface area contributed by atoms with Crippen LogP contribution in [0.5, 0.6) is 0 Å². The number of benzene rings is 1. The largest absolute Gasteiger partial charge is 0.391 e. The highest BCUT2D eigenvalue weighted by atomic mass is 127. The second kappa shape index (κ2) is 11.6. The first-order chi connectivity index (χ1) is 11.8. The summed E-state index contributed by atoms with van der Waals surface area (Å²) in [7, 11) is -3.28. The van der Waals surface area contributed by atoms with Crippen LogP contribution in [0.3, 0.4) is 0 Å². The number of nitrogens with one attached hydrogen (secondary N) is 1. The molecule has 1 saturated carbocycles. The van der Waals surface area contributed by atoms with Gasteiger partial charge in [0.05, 0.1) is 17.3 Å². The zero-order valence-corrected chi connectivity index (χ0v) is 19.7. The Bertz CT molecular complexity index is 614. The molecule has 8 heteroatoms. The fourth-order valence-corrected chi connectivity index (χ4v) is 6.09. The Morgan fingerprint density at radius 2 is 2.00 bits per heavy atom. The summed E-state index contributed by atoms with van der Waals surface area (Å²) in [6, 6.07) is 5.88. The Morgan fingerprint density at radius 3 is 2.62 bits per heavy atom. The van der Waals surface area contributed by atoms with E-state index in [9.17, 15) is 14.6 Å². The van der Waals surface area contributed by atoms with Crippen LogP contribution in [0.2, 0.25) is 5.02 Å². The van der Waals surface area contributed by atoms with E-state index in [2.05, 4.69) is 27.9 Å². The molecule has 0 saturated heterocycles. The summed E-state index contributed by atoms with van der Waals surface area (Å²) in [5.74, 6) is 0.345. The van der Waals surface area contributed by atoms with E-state index >= 15 is 0 Å². The molecule has 2 rings (SSSR count). The van der Waals surface area contributed by atoms with Gasteiger partial charge in [-0.05, 0) is 66.0 Å². The Hall–Kier alpha value is 0.640. The third-order valence-corrected chi connectivity index (χ3v) is 8.52. The minimum absolute atomic E-state index is 0. The summed E-state index contributed by atoms with van der Waals surface area (Å²) >= 11 is 8.33. The molecule has 1 aliphatic rings. The van der Waals surface area contributed by atoms with Gasteiger partial charge in [-0.3, -0.25) is 4.57 Å². The lowest BCUT2D eigenvalue weighted by atomic mass is 9.91. The van der Waals surface area contributed by atoms with Crippen LogP contribution in [-0.2, 0) is 4.57 Å². The summed E-state index contributed by atoms with van der Waals surface area (Å²) in [5, 5.41) is 14.1. The van der Waals surface area contributed by atoms with Crippen molar-refractivity contribution in [2.45, 2.75) is 51.2 Å². The molecule has 2 unspecified atom stereocenters. The zero-order valence-electron chi connectivity index (χ0n) is 15.0. The van der Waals surface area contributed by atoms with E-state index in [-0.39, 0.29) is 24.6 Å². The van der Waals surface area contributed by atoms with Gasteiger partial charge in [-0.25, -0.2) is 0 Å². The molecule has 1 fully saturated rings. The molecule has 1 aromatic rings. The van der Waals surface area contributed by atoms with Crippen molar-refractivity contribution < 1.29 is 14.6 Å². The van der Waals surface area contributed by atoms with Crippen LogP contribution in [0.25, 0.3) is 0 Å². The van der Waals surface area contributed by atoms with Crippen LogP contribution in [0.15, 0.2) is 18.2 Å². The molecule has 3 atom stereocenters. The quantitative estimate of drug-likeness (QED) is 0.315. The molecule has 0 radical (unpaired) electrons. The van der Waals surface area contributed by atoms with Gasteiger partial charge < -0.3 is 15.3 Å². The predicted octanol–water partition coefficient (Wildman–Crippen LogP) is 5.23. The van der Waals surface area contributed by atoms with Gasteiger partial charge in [0, 0.05) is 22.3 Å². The van der Waals surface area contributed by atoms with Gasteiger partial charge in [0.15, 0.2) is 0 Å². The van der Waals surface area contributed by atoms with Gasteiger partial charge in [-0.2, -0.15) is 0 Å². The average Bonchev–Trinajstić information content (AvgIpc) is 2.55. The number of aliphatic hydroxyl groups excluding tert-OH is 1. The maximum atomic E-state index is 12.4. The molecule has 1 aliphatic carbocycles. The molecule has 0 amide bonds. The highest BCUT2D eigenvalue weighted by Gasteiger charge is 2.28. The molecule has 3 N–H and O–H groups in total. The molecule has 0 heterocycles. The van der Waals surface area contributed by atoms with Crippen molar-refractivity contribution in [2.24, 2.45) is 5.92 Å². The van der Waals surface area contributed by atoms with Crippen LogP contribution in [-0.4, -0.2) is 35.0 Å². The first kappa shape index (κ1) is 24.7. The molecular weight excluding hydrogens is 507 g/mol. The molecule has 0 aromatic heterocycles. The maximum Gasteiger partial charge on any atom is 0.203 e. The fraction of sp³-hybridized carbons (Fsp3) is 0.667. The van der Waals surface area contributed by atoms with Crippen molar-refractivity contribution in [2.75, 3.05) is 18.9 Å². The standard InChI is InChI=1S/C18H28ClINO3P.ClH/c1-13(15-7-8-18(20)17(19)9-15)21-10-16(22)12-25(23,24)11-14-5-3-2-4-6-14;/h7-9,13-14,16,21-22H,2-6,10-12H2,1H3,(H,23,24);1H/t13?,16-;/m0./s1. The first-order valence-electron chi connectivity index (χ1n) is 8.94. The molecule has 150 valence electrons. The van der Waals surface area contributed by atoms with Crippen LogP contribution in [0.1, 0.15) is 50.6 Å². The molecule has 0 aliphatic heterocycles. The Labute approximate surface area is 181 Å². The smallest absolute Gasteiger partial charge is 0.203 e. The van der Waals surface area contributed by atoms with E-state index in [1.165, 1.54) is 6.42 Å². The van der Waals surface area contributed by atoms with Gasteiger partial charge in [0.1, 0.15) is 0 Å². The number of hydrogen-bond donors (Lipinski definition) is 3. The number of hydrogen-bond acceptors (Lipinski definition) is 3. The Morgan fingerprint density at radius 1 is 1.35 bits per heavy atom. The molecule has 26 heavy (non-hydrogen) atoms. The molecular formula is C18H29Cl2INO3P. The topological polar surface area (TPSA) is 69.6 Å². The summed E-state index contributed by atoms with van der Waals surface area (Å²) in [6.07, 6.45) is 5.14. The van der Waals surface area contributed by atoms with Gasteiger partial charge in [-0.1, -0.05) is 36.9 Å². The third kappa shape index (κ3) is 8.34. The molecule has 0 spiro atoms. The van der Waals surface area contributed by atoms with E-state index in [0.717, 1.165) is 34.8 Å². The molecule has 1 aromatic carbocycles. The number of aliphatic hydroxyl groups is 1. The van der Waals surface area contributed by atoms with Crippen molar-refractivity contribution in [3.05, 3.63) is 32.4 Å². The molecule has 4 nitrogen and oxygen atoms in total. The van der Waals surface area contributed by atoms with E-state index in [4.69, 9.17) is 11.6 Å². The van der Waals surface area contributed by atoms with Crippen LogP contribution >= 0.6 is 54.0 Å². The Kier molecular flexibility index (Phi) is 11.0. The minimum Gasteiger partial charge on any atom is -0.391 e. The van der Waals surface area contributed by atoms with Crippen LogP contribution in [0, 0.1) is 9.49 Å². The highest BCUT2D eigenvalue weighted by Crippen LogP contribution is 2.45. The normalized spacial score (nSPS) is 20.0. The SMILES string of the molecule is CC(NC[C@H](O)CP(=O)(O)CC1CCCCC1)c1ccc(I)c(Cl)c1.Cl. The Balaban J connectivity index is 0.00000338. The van der Waals surface area contributed by atoms with E-state index in [1.807, 2.05) is 25.1 Å². The lowest BCUT2D eigenvalue weighted by molar-refractivity contribution is 0.186. The summed E-state index contributed by atoms with van der Waals surface area (Å²) in [4.78, 5) is 10.2. The second-order valence-corrected chi connectivity index (χ2v) is 11.2. The van der Waals surface area contributed by atoms with E-state index in [1.54, 1.807) is 0 Å². The van der Waals surface area contributed by atoms with E-state index in [0.29, 0.717) is 23.6 Å². The maximum absolute atomic E-state index is 12.4. The van der Waals surface area contributed by atoms with Crippen LogP contribution < -0.4 is 5.32 Å². The fourth-order valence-electron chi connectivity index (χ4n) is 3.45. The van der Waals surface area contributed by atoms with Gasteiger partial charge in [0.25, 0.3) is 0 Å². The monoisotopic (exact) mass is 535 g/mol. The first-order valence-corrected chi connectivity index (χ1v) is 12.4. The summed E-state index contributed by atoms with van der Waals surface area (Å²) < 4.78 is 13.4. The minimum atomic E-state index is -3.28. The predicted molar refractivity (Wildman–Crippen MR) is 120 cm³/mol. The van der Waals surface area contributed by atoms with Crippen molar-refractivity contribution >= 4 is 54.0 Å². The number of halogens is 3. The van der Waals surface area contributed by atoms with Crippen molar-refractivity contribution in [3.8, 4) is 0 Å². The zero-order chi connectivity index (χ0) is 18.4. The average molecular weight is 536 g/mol. The van der Waals surface area contributed by atoms with Gasteiger partial charge >= 0.3 is 0 Å². The summed E-state index contributed by atoms with van der Waals surface area (Å²) in [6.45, 7) is 2.28. The van der Waals surface area contributed by atoms with Crippen LogP contribution in [0.4, 0.5) is 0 Å². The number of rotatable bonds is 8. The molecule has 0 bridgehead atoms. The summed E-state index contributed by atoms with van der Waals surface area (Å²) in [5.41, 5.74) is 1.03.